The van der Waals surface area contributed by atoms with Crippen molar-refractivity contribution in [1.29, 1.82) is 0 Å². The van der Waals surface area contributed by atoms with Crippen molar-refractivity contribution in [2.75, 3.05) is 19.6 Å². The highest BCUT2D eigenvalue weighted by molar-refractivity contribution is 5.81. The van der Waals surface area contributed by atoms with Crippen LogP contribution in [-0.2, 0) is 9.59 Å². The minimum atomic E-state index is -0.255. The molecule has 0 aromatic heterocycles. The van der Waals surface area contributed by atoms with Gasteiger partial charge < -0.3 is 16.0 Å². The highest BCUT2D eigenvalue weighted by Gasteiger charge is 2.11. The van der Waals surface area contributed by atoms with E-state index in [4.69, 9.17) is 0 Å². The molecule has 0 aliphatic carbocycles. The van der Waals surface area contributed by atoms with E-state index in [1.807, 2.05) is 6.92 Å². The molecular formula is C13H27N3O2. The van der Waals surface area contributed by atoms with Gasteiger partial charge in [-0.05, 0) is 19.3 Å². The van der Waals surface area contributed by atoms with Crippen LogP contribution < -0.4 is 16.0 Å². The first-order chi connectivity index (χ1) is 8.47. The summed E-state index contributed by atoms with van der Waals surface area (Å²) in [6.45, 7) is 9.83. The Balaban J connectivity index is 3.63. The number of nitrogens with one attached hydrogen (secondary N) is 3. The van der Waals surface area contributed by atoms with Crippen molar-refractivity contribution in [3.8, 4) is 0 Å². The molecule has 0 fully saturated rings. The van der Waals surface area contributed by atoms with Gasteiger partial charge in [0.2, 0.25) is 11.8 Å². The van der Waals surface area contributed by atoms with E-state index in [0.717, 1.165) is 6.42 Å². The van der Waals surface area contributed by atoms with Gasteiger partial charge in [-0.15, -0.1) is 0 Å². The molecule has 0 heterocycles. The first kappa shape index (κ1) is 16.9. The number of rotatable bonds is 9. The van der Waals surface area contributed by atoms with Gasteiger partial charge in [0.15, 0.2) is 0 Å². The van der Waals surface area contributed by atoms with E-state index >= 15 is 0 Å². The lowest BCUT2D eigenvalue weighted by Gasteiger charge is -2.13. The molecule has 0 rings (SSSR count). The van der Waals surface area contributed by atoms with Crippen molar-refractivity contribution in [2.45, 2.75) is 46.6 Å². The minimum Gasteiger partial charge on any atom is -0.356 e. The standard InChI is InChI=1S/C13H27N3O2/c1-5-7-15-13(18)11(4)14-8-6-12(17)16-9-10(2)3/h10-11,14H,5-9H2,1-4H3,(H,15,18)(H,16,17). The Morgan fingerprint density at radius 1 is 1.06 bits per heavy atom. The molecule has 0 aliphatic heterocycles. The molecule has 0 spiro atoms. The number of hydrogen-bond donors (Lipinski definition) is 3. The second kappa shape index (κ2) is 9.88. The summed E-state index contributed by atoms with van der Waals surface area (Å²) in [5.74, 6) is 0.470. The first-order valence-electron chi connectivity index (χ1n) is 6.75. The molecular weight excluding hydrogens is 230 g/mol. The van der Waals surface area contributed by atoms with E-state index < -0.39 is 0 Å². The highest BCUT2D eigenvalue weighted by Crippen LogP contribution is 1.89. The number of carbonyl (C=O) groups excluding carboxylic acids is 2. The smallest absolute Gasteiger partial charge is 0.236 e. The quantitative estimate of drug-likeness (QED) is 0.568. The van der Waals surface area contributed by atoms with E-state index in [1.54, 1.807) is 6.92 Å². The van der Waals surface area contributed by atoms with Crippen molar-refractivity contribution in [3.63, 3.8) is 0 Å². The SMILES string of the molecule is CCCNC(=O)C(C)NCCC(=O)NCC(C)C. The third kappa shape index (κ3) is 8.98. The third-order valence-corrected chi connectivity index (χ3v) is 2.45. The van der Waals surface area contributed by atoms with Gasteiger partial charge in [-0.3, -0.25) is 9.59 Å². The zero-order chi connectivity index (χ0) is 14.0. The van der Waals surface area contributed by atoms with Gasteiger partial charge in [-0.25, -0.2) is 0 Å². The summed E-state index contributed by atoms with van der Waals surface area (Å²) >= 11 is 0. The average molecular weight is 257 g/mol. The van der Waals surface area contributed by atoms with E-state index in [2.05, 4.69) is 29.8 Å². The number of hydrogen-bond acceptors (Lipinski definition) is 3. The van der Waals surface area contributed by atoms with Gasteiger partial charge >= 0.3 is 0 Å². The predicted molar refractivity (Wildman–Crippen MR) is 73.2 cm³/mol. The largest absolute Gasteiger partial charge is 0.356 e. The molecule has 5 nitrogen and oxygen atoms in total. The summed E-state index contributed by atoms with van der Waals surface area (Å²) in [7, 11) is 0. The maximum Gasteiger partial charge on any atom is 0.236 e. The Morgan fingerprint density at radius 2 is 1.72 bits per heavy atom. The van der Waals surface area contributed by atoms with Crippen LogP contribution in [0.1, 0.15) is 40.5 Å². The molecule has 0 saturated heterocycles. The van der Waals surface area contributed by atoms with Crippen LogP contribution in [0.2, 0.25) is 0 Å². The summed E-state index contributed by atoms with van der Waals surface area (Å²) in [5.41, 5.74) is 0. The van der Waals surface area contributed by atoms with Crippen LogP contribution in [0.3, 0.4) is 0 Å². The highest BCUT2D eigenvalue weighted by atomic mass is 16.2. The molecule has 0 aromatic carbocycles. The predicted octanol–water partition coefficient (Wildman–Crippen LogP) is 0.653. The van der Waals surface area contributed by atoms with Crippen molar-refractivity contribution in [1.82, 2.24) is 16.0 Å². The van der Waals surface area contributed by atoms with Crippen LogP contribution in [0.5, 0.6) is 0 Å². The fourth-order valence-corrected chi connectivity index (χ4v) is 1.30. The van der Waals surface area contributed by atoms with Gasteiger partial charge in [-0.2, -0.15) is 0 Å². The van der Waals surface area contributed by atoms with Gasteiger partial charge in [0, 0.05) is 26.1 Å². The van der Waals surface area contributed by atoms with Crippen LogP contribution in [0.25, 0.3) is 0 Å². The van der Waals surface area contributed by atoms with Crippen molar-refractivity contribution in [2.24, 2.45) is 5.92 Å². The van der Waals surface area contributed by atoms with Crippen LogP contribution in [0, 0.1) is 5.92 Å². The molecule has 3 N–H and O–H groups in total. The normalized spacial score (nSPS) is 12.3. The zero-order valence-electron chi connectivity index (χ0n) is 12.0. The third-order valence-electron chi connectivity index (χ3n) is 2.45. The number of carbonyl (C=O) groups is 2. The van der Waals surface area contributed by atoms with Crippen LogP contribution in [0.15, 0.2) is 0 Å². The Hall–Kier alpha value is -1.10. The van der Waals surface area contributed by atoms with Crippen LogP contribution >= 0.6 is 0 Å². The number of amides is 2. The molecule has 18 heavy (non-hydrogen) atoms. The fourth-order valence-electron chi connectivity index (χ4n) is 1.30. The second-order valence-electron chi connectivity index (χ2n) is 4.91. The molecule has 1 atom stereocenters. The lowest BCUT2D eigenvalue weighted by atomic mass is 10.2. The van der Waals surface area contributed by atoms with Gasteiger partial charge in [0.05, 0.1) is 6.04 Å². The second-order valence-corrected chi connectivity index (χ2v) is 4.91. The van der Waals surface area contributed by atoms with Crippen LogP contribution in [-0.4, -0.2) is 37.5 Å². The monoisotopic (exact) mass is 257 g/mol. The lowest BCUT2D eigenvalue weighted by Crippen LogP contribution is -2.43. The zero-order valence-corrected chi connectivity index (χ0v) is 12.0. The molecule has 0 aliphatic rings. The van der Waals surface area contributed by atoms with E-state index in [0.29, 0.717) is 32.0 Å². The topological polar surface area (TPSA) is 70.2 Å². The van der Waals surface area contributed by atoms with Crippen molar-refractivity contribution in [3.05, 3.63) is 0 Å². The van der Waals surface area contributed by atoms with Crippen molar-refractivity contribution >= 4 is 11.8 Å². The van der Waals surface area contributed by atoms with E-state index in [1.165, 1.54) is 0 Å². The lowest BCUT2D eigenvalue weighted by molar-refractivity contribution is -0.124. The summed E-state index contributed by atoms with van der Waals surface area (Å²) < 4.78 is 0. The molecule has 0 aromatic rings. The van der Waals surface area contributed by atoms with E-state index in [-0.39, 0.29) is 17.9 Å². The summed E-state index contributed by atoms with van der Waals surface area (Å²) in [4.78, 5) is 22.9. The molecule has 106 valence electrons. The van der Waals surface area contributed by atoms with Gasteiger partial charge in [0.25, 0.3) is 0 Å². The first-order valence-corrected chi connectivity index (χ1v) is 6.75. The van der Waals surface area contributed by atoms with E-state index in [9.17, 15) is 9.59 Å². The molecule has 5 heteroatoms. The Labute approximate surface area is 110 Å². The summed E-state index contributed by atoms with van der Waals surface area (Å²) in [5, 5.41) is 8.69. The molecule has 0 bridgehead atoms. The summed E-state index contributed by atoms with van der Waals surface area (Å²) in [6, 6.07) is -0.255. The summed E-state index contributed by atoms with van der Waals surface area (Å²) in [6.07, 6.45) is 1.33. The van der Waals surface area contributed by atoms with Gasteiger partial charge in [-0.1, -0.05) is 20.8 Å². The molecule has 2 amide bonds. The average Bonchev–Trinajstić information content (AvgIpc) is 2.33. The molecule has 0 radical (unpaired) electrons. The Bertz CT molecular complexity index is 255. The van der Waals surface area contributed by atoms with Crippen LogP contribution in [0.4, 0.5) is 0 Å². The van der Waals surface area contributed by atoms with Gasteiger partial charge in [0.1, 0.15) is 0 Å². The minimum absolute atomic E-state index is 0.0144. The maximum atomic E-state index is 11.5. The molecule has 1 unspecified atom stereocenters. The van der Waals surface area contributed by atoms with Crippen molar-refractivity contribution < 1.29 is 9.59 Å². The fraction of sp³-hybridized carbons (Fsp3) is 0.846. The Kier molecular flexibility index (Phi) is 9.28. The molecule has 0 saturated carbocycles. The Morgan fingerprint density at radius 3 is 2.28 bits per heavy atom. The maximum absolute atomic E-state index is 11.5.